The minimum atomic E-state index is -0.266. The van der Waals surface area contributed by atoms with E-state index in [2.05, 4.69) is 29.7 Å². The van der Waals surface area contributed by atoms with Gasteiger partial charge in [0.15, 0.2) is 0 Å². The molecule has 3 rings (SSSR count). The molecule has 1 aromatic carbocycles. The van der Waals surface area contributed by atoms with Crippen molar-refractivity contribution in [2.75, 3.05) is 37.6 Å². The van der Waals surface area contributed by atoms with Gasteiger partial charge in [0.1, 0.15) is 12.2 Å². The second-order valence-corrected chi connectivity index (χ2v) is 7.14. The largest absolute Gasteiger partial charge is 0.461 e. The minimum absolute atomic E-state index is 0.0101. The number of carbonyl (C=O) groups excluding carboxylic acids is 1. The summed E-state index contributed by atoms with van der Waals surface area (Å²) in [4.78, 5) is 16.9. The van der Waals surface area contributed by atoms with Crippen LogP contribution >= 0.6 is 0 Å². The Labute approximate surface area is 150 Å². The molecule has 2 aliphatic heterocycles. The number of hydrogen-bond acceptors (Lipinski definition) is 5. The van der Waals surface area contributed by atoms with Crippen LogP contribution in [0.15, 0.2) is 24.3 Å². The maximum absolute atomic E-state index is 12.2. The van der Waals surface area contributed by atoms with E-state index in [4.69, 9.17) is 4.74 Å². The van der Waals surface area contributed by atoms with Gasteiger partial charge in [-0.05, 0) is 25.0 Å². The van der Waals surface area contributed by atoms with Gasteiger partial charge in [-0.2, -0.15) is 5.26 Å². The van der Waals surface area contributed by atoms with E-state index in [-0.39, 0.29) is 17.5 Å². The van der Waals surface area contributed by atoms with Crippen LogP contribution < -0.4 is 4.90 Å². The van der Waals surface area contributed by atoms with Crippen LogP contribution in [0.4, 0.5) is 5.69 Å². The molecule has 1 atom stereocenters. The molecule has 0 N–H and O–H groups in total. The fraction of sp³-hybridized carbons (Fsp3) is 0.600. The van der Waals surface area contributed by atoms with Crippen LogP contribution in [-0.2, 0) is 9.53 Å². The zero-order valence-electron chi connectivity index (χ0n) is 15.2. The molecule has 25 heavy (non-hydrogen) atoms. The third-order valence-electron chi connectivity index (χ3n) is 5.88. The first kappa shape index (κ1) is 17.8. The third-order valence-corrected chi connectivity index (χ3v) is 5.88. The molecule has 2 aliphatic rings. The van der Waals surface area contributed by atoms with Gasteiger partial charge in [0.05, 0.1) is 16.7 Å². The van der Waals surface area contributed by atoms with E-state index in [1.54, 1.807) is 0 Å². The Morgan fingerprint density at radius 3 is 2.48 bits per heavy atom. The summed E-state index contributed by atoms with van der Waals surface area (Å²) in [6.07, 6.45) is 2.58. The Bertz CT molecular complexity index is 655. The summed E-state index contributed by atoms with van der Waals surface area (Å²) in [5.41, 5.74) is 1.49. The summed E-state index contributed by atoms with van der Waals surface area (Å²) in [6, 6.07) is 10.0. The van der Waals surface area contributed by atoms with Crippen molar-refractivity contribution >= 4 is 11.7 Å². The fourth-order valence-electron chi connectivity index (χ4n) is 4.07. The lowest BCUT2D eigenvalue weighted by molar-refractivity contribution is -0.149. The number of carbonyl (C=O) groups is 1. The second-order valence-electron chi connectivity index (χ2n) is 7.14. The van der Waals surface area contributed by atoms with Crippen molar-refractivity contribution in [3.63, 3.8) is 0 Å². The van der Waals surface area contributed by atoms with E-state index < -0.39 is 0 Å². The average Bonchev–Trinajstić information content (AvgIpc) is 2.98. The molecule has 134 valence electrons. The van der Waals surface area contributed by atoms with Crippen LogP contribution in [-0.4, -0.2) is 49.7 Å². The highest BCUT2D eigenvalue weighted by molar-refractivity contribution is 5.79. The molecule has 0 amide bonds. The molecule has 5 nitrogen and oxygen atoms in total. The number of para-hydroxylation sites is 1. The van der Waals surface area contributed by atoms with Gasteiger partial charge in [0, 0.05) is 39.1 Å². The van der Waals surface area contributed by atoms with E-state index in [1.807, 2.05) is 24.3 Å². The van der Waals surface area contributed by atoms with Gasteiger partial charge in [-0.25, -0.2) is 0 Å². The number of rotatable bonds is 5. The van der Waals surface area contributed by atoms with Crippen LogP contribution in [0.25, 0.3) is 0 Å². The zero-order chi connectivity index (χ0) is 17.9. The van der Waals surface area contributed by atoms with Crippen LogP contribution in [0.1, 0.15) is 38.7 Å². The van der Waals surface area contributed by atoms with Gasteiger partial charge >= 0.3 is 5.97 Å². The number of nitriles is 1. The molecule has 0 bridgehead atoms. The van der Waals surface area contributed by atoms with Crippen molar-refractivity contribution in [2.24, 2.45) is 5.41 Å². The molecule has 2 saturated heterocycles. The van der Waals surface area contributed by atoms with Crippen molar-refractivity contribution in [3.8, 4) is 6.07 Å². The maximum atomic E-state index is 12.2. The lowest BCUT2D eigenvalue weighted by Gasteiger charge is -2.37. The highest BCUT2D eigenvalue weighted by atomic mass is 16.6. The van der Waals surface area contributed by atoms with E-state index in [1.165, 1.54) is 0 Å². The van der Waals surface area contributed by atoms with Crippen molar-refractivity contribution < 1.29 is 9.53 Å². The number of ether oxygens (including phenoxy) is 1. The first-order valence-corrected chi connectivity index (χ1v) is 9.29. The first-order valence-electron chi connectivity index (χ1n) is 9.29. The van der Waals surface area contributed by atoms with E-state index in [0.717, 1.165) is 63.2 Å². The van der Waals surface area contributed by atoms with Crippen molar-refractivity contribution in [1.29, 1.82) is 5.26 Å². The van der Waals surface area contributed by atoms with E-state index in [0.29, 0.717) is 0 Å². The predicted molar refractivity (Wildman–Crippen MR) is 97.3 cm³/mol. The highest BCUT2D eigenvalue weighted by Gasteiger charge is 2.46. The van der Waals surface area contributed by atoms with Gasteiger partial charge in [0.25, 0.3) is 0 Å². The molecule has 0 aliphatic carbocycles. The van der Waals surface area contributed by atoms with Crippen LogP contribution in [0.5, 0.6) is 0 Å². The average molecular weight is 341 g/mol. The van der Waals surface area contributed by atoms with Gasteiger partial charge in [-0.15, -0.1) is 0 Å². The lowest BCUT2D eigenvalue weighted by Crippen LogP contribution is -2.48. The highest BCUT2D eigenvalue weighted by Crippen LogP contribution is 2.40. The number of esters is 1. The fourth-order valence-corrected chi connectivity index (χ4v) is 4.07. The summed E-state index contributed by atoms with van der Waals surface area (Å²) < 4.78 is 5.67. The summed E-state index contributed by atoms with van der Waals surface area (Å²) in [6.45, 7) is 8.63. The van der Waals surface area contributed by atoms with Crippen LogP contribution in [0.3, 0.4) is 0 Å². The van der Waals surface area contributed by atoms with E-state index in [9.17, 15) is 10.1 Å². The normalized spacial score (nSPS) is 23.3. The maximum Gasteiger partial charge on any atom is 0.312 e. The standard InChI is InChI=1S/C20H27N3O2/c1-3-20(4-2)13-17(25-19(20)24)15-22-9-11-23(12-10-22)18-8-6-5-7-16(18)14-21/h5-8,17H,3-4,9-13,15H2,1-2H3. The zero-order valence-corrected chi connectivity index (χ0v) is 15.2. The van der Waals surface area contributed by atoms with Crippen LogP contribution in [0.2, 0.25) is 0 Å². The molecule has 2 fully saturated rings. The molecule has 0 spiro atoms. The van der Waals surface area contributed by atoms with Crippen LogP contribution in [0, 0.1) is 16.7 Å². The molecule has 0 aromatic heterocycles. The number of nitrogens with zero attached hydrogens (tertiary/aromatic N) is 3. The number of cyclic esters (lactones) is 1. The lowest BCUT2D eigenvalue weighted by atomic mass is 9.79. The molecule has 0 radical (unpaired) electrons. The molecule has 1 aromatic rings. The Balaban J connectivity index is 1.55. The molecule has 2 heterocycles. The monoisotopic (exact) mass is 341 g/mol. The SMILES string of the molecule is CCC1(CC)CC(CN2CCN(c3ccccc3C#N)CC2)OC1=O. The second kappa shape index (κ2) is 7.45. The molecule has 1 unspecified atom stereocenters. The predicted octanol–water partition coefficient (Wildman–Crippen LogP) is 2.80. The quantitative estimate of drug-likeness (QED) is 0.771. The molecule has 0 saturated carbocycles. The number of hydrogen-bond donors (Lipinski definition) is 0. The van der Waals surface area contributed by atoms with Gasteiger partial charge in [-0.1, -0.05) is 26.0 Å². The van der Waals surface area contributed by atoms with Gasteiger partial charge < -0.3 is 9.64 Å². The summed E-state index contributed by atoms with van der Waals surface area (Å²) in [5.74, 6) is -0.0101. The molecular weight excluding hydrogens is 314 g/mol. The van der Waals surface area contributed by atoms with Gasteiger partial charge in [0.2, 0.25) is 0 Å². The Hall–Kier alpha value is -2.06. The summed E-state index contributed by atoms with van der Waals surface area (Å²) >= 11 is 0. The minimum Gasteiger partial charge on any atom is -0.461 e. The summed E-state index contributed by atoms with van der Waals surface area (Å²) in [7, 11) is 0. The molecule has 5 heteroatoms. The number of benzene rings is 1. The van der Waals surface area contributed by atoms with Crippen molar-refractivity contribution in [3.05, 3.63) is 29.8 Å². The van der Waals surface area contributed by atoms with Gasteiger partial charge in [-0.3, -0.25) is 9.69 Å². The topological polar surface area (TPSA) is 56.6 Å². The van der Waals surface area contributed by atoms with Crippen molar-refractivity contribution in [2.45, 2.75) is 39.2 Å². The van der Waals surface area contributed by atoms with E-state index >= 15 is 0 Å². The first-order chi connectivity index (χ1) is 12.1. The smallest absolute Gasteiger partial charge is 0.312 e. The molecular formula is C20H27N3O2. The number of piperazine rings is 1. The Kier molecular flexibility index (Phi) is 5.29. The summed E-state index contributed by atoms with van der Waals surface area (Å²) in [5, 5.41) is 9.28. The Morgan fingerprint density at radius 2 is 1.88 bits per heavy atom. The number of anilines is 1. The Morgan fingerprint density at radius 1 is 1.20 bits per heavy atom. The van der Waals surface area contributed by atoms with Crippen molar-refractivity contribution in [1.82, 2.24) is 4.90 Å². The third kappa shape index (κ3) is 3.50.